The van der Waals surface area contributed by atoms with Gasteiger partial charge in [0, 0.05) is 18.9 Å². The summed E-state index contributed by atoms with van der Waals surface area (Å²) in [6.07, 6.45) is -3.25. The van der Waals surface area contributed by atoms with E-state index in [0.29, 0.717) is 18.1 Å². The first-order chi connectivity index (χ1) is 19.9. The summed E-state index contributed by atoms with van der Waals surface area (Å²) in [6, 6.07) is 19.4. The highest BCUT2D eigenvalue weighted by molar-refractivity contribution is 7.38. The van der Waals surface area contributed by atoms with Gasteiger partial charge in [-0.05, 0) is 71.8 Å². The van der Waals surface area contributed by atoms with E-state index in [1.54, 1.807) is 44.2 Å². The van der Waals surface area contributed by atoms with Crippen molar-refractivity contribution < 1.29 is 36.2 Å². The van der Waals surface area contributed by atoms with E-state index < -0.39 is 40.5 Å². The van der Waals surface area contributed by atoms with Crippen molar-refractivity contribution in [3.05, 3.63) is 95.6 Å². The Morgan fingerprint density at radius 2 is 1.35 bits per heavy atom. The number of benzene rings is 3. The molecule has 0 spiro atoms. The first-order valence-corrected chi connectivity index (χ1v) is 15.1. The van der Waals surface area contributed by atoms with Gasteiger partial charge in [0.1, 0.15) is 11.5 Å². The van der Waals surface area contributed by atoms with Crippen LogP contribution in [0.4, 0.5) is 26.7 Å². The Balaban J connectivity index is 2.18. The lowest BCUT2D eigenvalue weighted by atomic mass is 9.70. The van der Waals surface area contributed by atoms with Crippen LogP contribution in [0.2, 0.25) is 0 Å². The van der Waals surface area contributed by atoms with Crippen molar-refractivity contribution >= 4 is 33.8 Å². The van der Waals surface area contributed by atoms with Gasteiger partial charge in [0.25, 0.3) is 11.0 Å². The van der Waals surface area contributed by atoms with E-state index in [1.807, 2.05) is 48.8 Å². The number of ether oxygens (including phenoxy) is 2. The Hall–Kier alpha value is -2.53. The lowest BCUT2D eigenvalue weighted by Gasteiger charge is -2.37. The third-order valence-electron chi connectivity index (χ3n) is 6.61. The maximum Gasteiger partial charge on any atom is 0.394 e. The quantitative estimate of drug-likeness (QED) is 0.146. The van der Waals surface area contributed by atoms with Crippen molar-refractivity contribution in [2.24, 2.45) is 5.92 Å². The van der Waals surface area contributed by atoms with E-state index in [4.69, 9.17) is 9.47 Å². The topological polar surface area (TPSA) is 59.6 Å². The number of amides is 2. The summed E-state index contributed by atoms with van der Waals surface area (Å²) in [7, 11) is 5.28. The summed E-state index contributed by atoms with van der Waals surface area (Å²) in [5.41, 5.74) is -2.65. The van der Waals surface area contributed by atoms with Crippen molar-refractivity contribution in [2.45, 2.75) is 55.8 Å². The van der Waals surface area contributed by atoms with Crippen molar-refractivity contribution in [3.8, 4) is 11.5 Å². The molecule has 234 valence electrons. The number of carbonyl (C=O) groups excluding carboxylic acids is 1. The molecule has 0 heterocycles. The van der Waals surface area contributed by atoms with Gasteiger partial charge in [-0.15, -0.1) is 0 Å². The van der Waals surface area contributed by atoms with Gasteiger partial charge in [0.15, 0.2) is 0 Å². The van der Waals surface area contributed by atoms with Gasteiger partial charge in [-0.1, -0.05) is 77.7 Å². The number of hydrogen-bond donors (Lipinski definition) is 2. The molecule has 3 rings (SSSR count). The molecule has 0 radical (unpaired) electrons. The van der Waals surface area contributed by atoms with Gasteiger partial charge >= 0.3 is 12.1 Å². The standard InChI is InChI=1S/C30H36F5N2O3P3/c1-19(2)25(29(33,34)41)37-26(38)36-18-28(17-20-9-5-4-6-10-20,21-11-7-13-23(15-21)39-27(3,31)32)22-12-8-14-24(16-22)40-30(35,42)43/h4-16,19,25H,17-18,41-43H2,1-3H3,(H2,36,37,38)/t25-,28?/m1/s1. The normalized spacial score (nSPS) is 14.5. The minimum absolute atomic E-state index is 0.125. The third kappa shape index (κ3) is 10.6. The minimum Gasteiger partial charge on any atom is -0.452 e. The largest absolute Gasteiger partial charge is 0.452 e. The lowest BCUT2D eigenvalue weighted by molar-refractivity contribution is -0.159. The highest BCUT2D eigenvalue weighted by Crippen LogP contribution is 2.40. The molecule has 0 aliphatic carbocycles. The molecular formula is C30H36F5N2O3P3. The number of alkyl halides is 5. The molecular weight excluding hydrogens is 624 g/mol. The van der Waals surface area contributed by atoms with Crippen LogP contribution in [0.25, 0.3) is 0 Å². The van der Waals surface area contributed by atoms with Crippen LogP contribution in [0.15, 0.2) is 78.9 Å². The molecule has 4 unspecified atom stereocenters. The van der Waals surface area contributed by atoms with Crippen molar-refractivity contribution in [1.29, 1.82) is 0 Å². The minimum atomic E-state index is -3.47. The van der Waals surface area contributed by atoms with Crippen LogP contribution < -0.4 is 20.1 Å². The second kappa shape index (κ2) is 14.1. The Kier molecular flexibility index (Phi) is 11.4. The number of rotatable bonds is 13. The molecule has 43 heavy (non-hydrogen) atoms. The van der Waals surface area contributed by atoms with E-state index >= 15 is 0 Å². The predicted octanol–water partition coefficient (Wildman–Crippen LogP) is 7.71. The predicted molar refractivity (Wildman–Crippen MR) is 169 cm³/mol. The smallest absolute Gasteiger partial charge is 0.394 e. The van der Waals surface area contributed by atoms with Gasteiger partial charge in [0.2, 0.25) is 0 Å². The molecule has 0 saturated carbocycles. The molecule has 3 aromatic rings. The number of halogens is 5. The van der Waals surface area contributed by atoms with Crippen LogP contribution >= 0.6 is 27.7 Å². The summed E-state index contributed by atoms with van der Waals surface area (Å²) in [4.78, 5) is 13.1. The second-order valence-corrected chi connectivity index (χ2v) is 13.7. The summed E-state index contributed by atoms with van der Waals surface area (Å²) < 4.78 is 80.9. The average Bonchev–Trinajstić information content (AvgIpc) is 2.88. The van der Waals surface area contributed by atoms with E-state index in [1.165, 1.54) is 27.4 Å². The number of hydrogen-bond acceptors (Lipinski definition) is 3. The number of nitrogens with one attached hydrogen (secondary N) is 2. The van der Waals surface area contributed by atoms with Crippen LogP contribution in [0.3, 0.4) is 0 Å². The average molecular weight is 661 g/mol. The van der Waals surface area contributed by atoms with Crippen molar-refractivity contribution in [3.63, 3.8) is 0 Å². The lowest BCUT2D eigenvalue weighted by Crippen LogP contribution is -2.53. The first kappa shape index (κ1) is 35.0. The van der Waals surface area contributed by atoms with Crippen molar-refractivity contribution in [1.82, 2.24) is 10.6 Å². The summed E-state index contributed by atoms with van der Waals surface area (Å²) in [5.74, 6) is -0.563. The fourth-order valence-corrected chi connectivity index (χ4v) is 5.55. The molecule has 0 saturated heterocycles. The zero-order chi connectivity index (χ0) is 32.1. The van der Waals surface area contributed by atoms with E-state index in [9.17, 15) is 26.7 Å². The molecule has 13 heteroatoms. The van der Waals surface area contributed by atoms with E-state index in [2.05, 4.69) is 10.6 Å². The fourth-order valence-electron chi connectivity index (χ4n) is 4.81. The number of urea groups is 1. The zero-order valence-electron chi connectivity index (χ0n) is 23.9. The summed E-state index contributed by atoms with van der Waals surface area (Å²) in [6.45, 7) is 3.57. The van der Waals surface area contributed by atoms with Gasteiger partial charge < -0.3 is 20.1 Å². The highest BCUT2D eigenvalue weighted by Gasteiger charge is 2.40. The van der Waals surface area contributed by atoms with Crippen LogP contribution in [-0.4, -0.2) is 35.7 Å². The molecule has 5 atom stereocenters. The Morgan fingerprint density at radius 1 is 0.814 bits per heavy atom. The maximum atomic E-state index is 14.4. The molecule has 0 aromatic heterocycles. The zero-order valence-corrected chi connectivity index (χ0v) is 27.4. The monoisotopic (exact) mass is 660 g/mol. The van der Waals surface area contributed by atoms with Gasteiger partial charge in [-0.25, -0.2) is 13.6 Å². The Bertz CT molecular complexity index is 1300. The third-order valence-corrected chi connectivity index (χ3v) is 7.21. The first-order valence-electron chi connectivity index (χ1n) is 13.4. The molecule has 2 N–H and O–H groups in total. The molecule has 0 bridgehead atoms. The molecule has 0 aliphatic heterocycles. The van der Waals surface area contributed by atoms with Crippen LogP contribution in [0.5, 0.6) is 11.5 Å². The fraction of sp³-hybridized carbons (Fsp3) is 0.367. The van der Waals surface area contributed by atoms with Gasteiger partial charge in [-0.3, -0.25) is 0 Å². The van der Waals surface area contributed by atoms with Crippen LogP contribution in [-0.2, 0) is 11.8 Å². The highest BCUT2D eigenvalue weighted by atomic mass is 31.1. The number of carbonyl (C=O) groups is 1. The van der Waals surface area contributed by atoms with E-state index in [0.717, 1.165) is 5.56 Å². The second-order valence-electron chi connectivity index (χ2n) is 10.7. The SMILES string of the molecule is CC(C)[C@@H](NC(=O)NCC(Cc1ccccc1)(c1cccc(OC(C)(F)F)c1)c1cccc(OC(F)(P)P)c1)C(F)(F)P. The van der Waals surface area contributed by atoms with Crippen LogP contribution in [0.1, 0.15) is 37.5 Å². The molecule has 5 nitrogen and oxygen atoms in total. The van der Waals surface area contributed by atoms with E-state index in [-0.39, 0.29) is 24.5 Å². The van der Waals surface area contributed by atoms with Crippen molar-refractivity contribution in [2.75, 3.05) is 6.54 Å². The Labute approximate surface area is 255 Å². The maximum absolute atomic E-state index is 14.4. The van der Waals surface area contributed by atoms with Crippen LogP contribution in [0, 0.1) is 5.92 Å². The van der Waals surface area contributed by atoms with Gasteiger partial charge in [0.05, 0.1) is 6.04 Å². The molecule has 0 aliphatic rings. The summed E-state index contributed by atoms with van der Waals surface area (Å²) in [5, 5.41) is 2.91. The Morgan fingerprint density at radius 3 is 1.81 bits per heavy atom. The molecule has 3 aromatic carbocycles. The summed E-state index contributed by atoms with van der Waals surface area (Å²) >= 11 is 0. The molecule has 2 amide bonds. The van der Waals surface area contributed by atoms with Gasteiger partial charge in [-0.2, -0.15) is 13.2 Å². The molecule has 0 fully saturated rings.